The topological polar surface area (TPSA) is 102 Å². The number of benzene rings is 2. The summed E-state index contributed by atoms with van der Waals surface area (Å²) in [6.45, 7) is 5.17. The molecule has 2 aliphatic heterocycles. The number of aryl methyl sites for hydroxylation is 2. The van der Waals surface area contributed by atoms with E-state index in [1.165, 1.54) is 22.5 Å². The van der Waals surface area contributed by atoms with Crippen molar-refractivity contribution in [3.05, 3.63) is 75.2 Å². The number of nitrogens with zero attached hydrogens (tertiary/aromatic N) is 4. The largest absolute Gasteiger partial charge is 0.416 e. The van der Waals surface area contributed by atoms with Crippen LogP contribution in [0.1, 0.15) is 57.4 Å². The van der Waals surface area contributed by atoms with Gasteiger partial charge < -0.3 is 15.1 Å². The maximum Gasteiger partial charge on any atom is 0.416 e. The third kappa shape index (κ3) is 7.39. The number of rotatable bonds is 9. The number of sulfonamides is 1. The van der Waals surface area contributed by atoms with E-state index in [-0.39, 0.29) is 43.2 Å². The maximum atomic E-state index is 13.2. The molecule has 44 heavy (non-hydrogen) atoms. The smallest absolute Gasteiger partial charge is 0.342 e. The number of hydrogen-bond donors (Lipinski definition) is 1. The Morgan fingerprint density at radius 3 is 2.30 bits per heavy atom. The molecule has 0 unspecified atom stereocenters. The Morgan fingerprint density at radius 2 is 1.70 bits per heavy atom. The third-order valence-corrected chi connectivity index (χ3v) is 9.61. The zero-order chi connectivity index (χ0) is 32.4. The Balaban J connectivity index is 1.44. The van der Waals surface area contributed by atoms with Crippen LogP contribution in [0.25, 0.3) is 6.08 Å². The Hall–Kier alpha value is -3.55. The monoisotopic (exact) mass is 633 g/mol. The zero-order valence-electron chi connectivity index (χ0n) is 25.5. The number of halogens is 3. The Bertz CT molecular complexity index is 1570. The van der Waals surface area contributed by atoms with E-state index >= 15 is 0 Å². The second kappa shape index (κ2) is 12.8. The number of hydrogen-bond acceptors (Lipinski definition) is 6. The molecule has 0 bridgehead atoms. The van der Waals surface area contributed by atoms with Gasteiger partial charge in [0.1, 0.15) is 11.4 Å². The normalized spacial score (nSPS) is 17.4. The standard InChI is InChI=1S/C31H38F3N5O4S/c1-21-18-24(28(40)38(5)14-7-13-37(3)4)19-22(2)26(21)10-17-44(42,43)39-15-11-30(12-16-39)29(41)35-27(36-30)23-8-6-9-25(20-23)31(32,33)34/h6,8-10,17-20H,7,11-16H2,1-5H3,(H,35,36,41)/b17-10+. The highest BCUT2D eigenvalue weighted by Crippen LogP contribution is 2.34. The Labute approximate surface area is 256 Å². The van der Waals surface area contributed by atoms with Gasteiger partial charge in [0.15, 0.2) is 0 Å². The molecule has 4 rings (SSSR count). The summed E-state index contributed by atoms with van der Waals surface area (Å²) in [5.41, 5.74) is 0.797. The molecule has 2 aliphatic rings. The lowest BCUT2D eigenvalue weighted by Gasteiger charge is -2.34. The molecule has 13 heteroatoms. The molecule has 238 valence electrons. The number of amides is 2. The quantitative estimate of drug-likeness (QED) is 0.449. The SMILES string of the molecule is Cc1cc(C(=O)N(C)CCCN(C)C)cc(C)c1/C=C/S(=O)(=O)N1CCC2(CC1)N=C(c1cccc(C(F)(F)F)c1)NC2=O. The highest BCUT2D eigenvalue weighted by atomic mass is 32.2. The number of carbonyl (C=O) groups is 2. The average molecular weight is 634 g/mol. The lowest BCUT2D eigenvalue weighted by Crippen LogP contribution is -2.50. The van der Waals surface area contributed by atoms with Crippen LogP contribution in [0.5, 0.6) is 0 Å². The van der Waals surface area contributed by atoms with Gasteiger partial charge in [-0.05, 0) is 101 Å². The van der Waals surface area contributed by atoms with E-state index in [4.69, 9.17) is 0 Å². The minimum absolute atomic E-state index is 0.0189. The summed E-state index contributed by atoms with van der Waals surface area (Å²) in [5, 5.41) is 3.71. The first kappa shape index (κ1) is 33.3. The molecule has 2 aromatic carbocycles. The number of piperidine rings is 1. The van der Waals surface area contributed by atoms with Gasteiger partial charge in [-0.15, -0.1) is 0 Å². The number of alkyl halides is 3. The van der Waals surface area contributed by atoms with Gasteiger partial charge in [-0.25, -0.2) is 8.42 Å². The molecule has 0 radical (unpaired) electrons. The van der Waals surface area contributed by atoms with E-state index in [0.29, 0.717) is 17.7 Å². The van der Waals surface area contributed by atoms with Crippen LogP contribution in [0.4, 0.5) is 13.2 Å². The Morgan fingerprint density at radius 1 is 1.07 bits per heavy atom. The second-order valence-corrected chi connectivity index (χ2v) is 13.5. The number of amidine groups is 1. The first-order valence-corrected chi connectivity index (χ1v) is 15.8. The van der Waals surface area contributed by atoms with Crippen molar-refractivity contribution in [2.75, 3.05) is 47.3 Å². The van der Waals surface area contributed by atoms with E-state index < -0.39 is 33.2 Å². The highest BCUT2D eigenvalue weighted by Gasteiger charge is 2.47. The summed E-state index contributed by atoms with van der Waals surface area (Å²) in [6.07, 6.45) is -2.00. The van der Waals surface area contributed by atoms with Gasteiger partial charge in [0.25, 0.3) is 11.8 Å². The van der Waals surface area contributed by atoms with Crippen LogP contribution in [0.3, 0.4) is 0 Å². The van der Waals surface area contributed by atoms with Crippen LogP contribution in [0.2, 0.25) is 0 Å². The fourth-order valence-corrected chi connectivity index (χ4v) is 6.66. The van der Waals surface area contributed by atoms with Crippen LogP contribution >= 0.6 is 0 Å². The summed E-state index contributed by atoms with van der Waals surface area (Å²) in [4.78, 5) is 34.0. The van der Waals surface area contributed by atoms with Gasteiger partial charge in [0, 0.05) is 43.2 Å². The number of nitrogens with one attached hydrogen (secondary N) is 1. The molecular formula is C31H38F3N5O4S. The van der Waals surface area contributed by atoms with Crippen molar-refractivity contribution in [2.45, 2.75) is 44.8 Å². The molecule has 0 atom stereocenters. The van der Waals surface area contributed by atoms with Gasteiger partial charge in [-0.3, -0.25) is 14.6 Å². The van der Waals surface area contributed by atoms with E-state index in [0.717, 1.165) is 41.6 Å². The lowest BCUT2D eigenvalue weighted by molar-refractivity contribution is -0.137. The predicted molar refractivity (Wildman–Crippen MR) is 164 cm³/mol. The molecule has 9 nitrogen and oxygen atoms in total. The highest BCUT2D eigenvalue weighted by molar-refractivity contribution is 7.92. The van der Waals surface area contributed by atoms with Gasteiger partial charge in [-0.2, -0.15) is 17.5 Å². The van der Waals surface area contributed by atoms with Crippen LogP contribution < -0.4 is 5.32 Å². The molecular weight excluding hydrogens is 595 g/mol. The number of carbonyl (C=O) groups excluding carboxylic acids is 2. The predicted octanol–water partition coefficient (Wildman–Crippen LogP) is 4.06. The van der Waals surface area contributed by atoms with Crippen LogP contribution in [0, 0.1) is 13.8 Å². The lowest BCUT2D eigenvalue weighted by atomic mass is 9.89. The van der Waals surface area contributed by atoms with Crippen molar-refractivity contribution in [2.24, 2.45) is 4.99 Å². The second-order valence-electron chi connectivity index (χ2n) is 11.7. The number of aliphatic imine (C=N–C) groups is 1. The minimum atomic E-state index is -4.54. The summed E-state index contributed by atoms with van der Waals surface area (Å²) in [7, 11) is 1.87. The van der Waals surface area contributed by atoms with Crippen LogP contribution in [-0.4, -0.2) is 93.0 Å². The molecule has 0 aromatic heterocycles. The van der Waals surface area contributed by atoms with Crippen molar-refractivity contribution in [3.8, 4) is 0 Å². The summed E-state index contributed by atoms with van der Waals surface area (Å²) >= 11 is 0. The summed E-state index contributed by atoms with van der Waals surface area (Å²) in [6, 6.07) is 8.08. The third-order valence-electron chi connectivity index (χ3n) is 8.05. The van der Waals surface area contributed by atoms with Gasteiger partial charge in [-0.1, -0.05) is 12.1 Å². The van der Waals surface area contributed by atoms with Crippen LogP contribution in [0.15, 0.2) is 46.8 Å². The average Bonchev–Trinajstić information content (AvgIpc) is 3.26. The first-order valence-electron chi connectivity index (χ1n) is 14.3. The van der Waals surface area contributed by atoms with E-state index in [2.05, 4.69) is 15.2 Å². The van der Waals surface area contributed by atoms with Crippen molar-refractivity contribution in [1.82, 2.24) is 19.4 Å². The first-order chi connectivity index (χ1) is 20.5. The van der Waals surface area contributed by atoms with Crippen LogP contribution in [-0.2, 0) is 21.0 Å². The van der Waals surface area contributed by atoms with Crippen molar-refractivity contribution in [1.29, 1.82) is 0 Å². The van der Waals surface area contributed by atoms with E-state index in [9.17, 15) is 31.2 Å². The van der Waals surface area contributed by atoms with Crippen molar-refractivity contribution < 1.29 is 31.2 Å². The molecule has 0 saturated carbocycles. The molecule has 0 aliphatic carbocycles. The van der Waals surface area contributed by atoms with E-state index in [1.807, 2.05) is 27.9 Å². The van der Waals surface area contributed by atoms with Crippen molar-refractivity contribution in [3.63, 3.8) is 0 Å². The van der Waals surface area contributed by atoms with E-state index in [1.54, 1.807) is 24.1 Å². The molecule has 1 saturated heterocycles. The molecule has 1 spiro atoms. The van der Waals surface area contributed by atoms with Gasteiger partial charge >= 0.3 is 6.18 Å². The molecule has 2 amide bonds. The molecule has 2 heterocycles. The zero-order valence-corrected chi connectivity index (χ0v) is 26.3. The molecule has 1 fully saturated rings. The summed E-state index contributed by atoms with van der Waals surface area (Å²) < 4.78 is 67.2. The fraction of sp³-hybridized carbons (Fsp3) is 0.452. The maximum absolute atomic E-state index is 13.2. The molecule has 2 aromatic rings. The minimum Gasteiger partial charge on any atom is -0.342 e. The summed E-state index contributed by atoms with van der Waals surface area (Å²) in [5.74, 6) is -0.512. The fourth-order valence-electron chi connectivity index (χ4n) is 5.49. The van der Waals surface area contributed by atoms with Gasteiger partial charge in [0.2, 0.25) is 10.0 Å². The Kier molecular flexibility index (Phi) is 9.72. The molecule has 1 N–H and O–H groups in total. The van der Waals surface area contributed by atoms with Gasteiger partial charge in [0.05, 0.1) is 5.56 Å². The van der Waals surface area contributed by atoms with Crippen molar-refractivity contribution >= 4 is 33.7 Å².